The SMILES string of the molecule is CCOC(COc1ccccc1[N+](=O)[O-])OC. The highest BCUT2D eigenvalue weighted by molar-refractivity contribution is 5.45. The van der Waals surface area contributed by atoms with Gasteiger partial charge in [0.1, 0.15) is 6.61 Å². The Bertz CT molecular complexity index is 369. The van der Waals surface area contributed by atoms with Crippen LogP contribution in [0.3, 0.4) is 0 Å². The van der Waals surface area contributed by atoms with Crippen molar-refractivity contribution in [3.63, 3.8) is 0 Å². The topological polar surface area (TPSA) is 70.8 Å². The van der Waals surface area contributed by atoms with Crippen molar-refractivity contribution >= 4 is 5.69 Å². The summed E-state index contributed by atoms with van der Waals surface area (Å²) in [6.07, 6.45) is -0.528. The quantitative estimate of drug-likeness (QED) is 0.414. The predicted molar refractivity (Wildman–Crippen MR) is 61.0 cm³/mol. The second-order valence-electron chi connectivity index (χ2n) is 3.16. The zero-order valence-electron chi connectivity index (χ0n) is 9.79. The van der Waals surface area contributed by atoms with E-state index >= 15 is 0 Å². The van der Waals surface area contributed by atoms with Crippen LogP contribution < -0.4 is 4.74 Å². The van der Waals surface area contributed by atoms with Gasteiger partial charge in [-0.05, 0) is 13.0 Å². The van der Waals surface area contributed by atoms with Crippen LogP contribution in [-0.4, -0.2) is 31.5 Å². The molecule has 0 aliphatic rings. The van der Waals surface area contributed by atoms with Gasteiger partial charge in [-0.3, -0.25) is 10.1 Å². The summed E-state index contributed by atoms with van der Waals surface area (Å²) in [5, 5.41) is 10.7. The summed E-state index contributed by atoms with van der Waals surface area (Å²) in [4.78, 5) is 10.2. The molecule has 1 rings (SSSR count). The van der Waals surface area contributed by atoms with E-state index in [9.17, 15) is 10.1 Å². The van der Waals surface area contributed by atoms with Crippen LogP contribution in [0.15, 0.2) is 24.3 Å². The van der Waals surface area contributed by atoms with E-state index in [4.69, 9.17) is 14.2 Å². The zero-order chi connectivity index (χ0) is 12.7. The van der Waals surface area contributed by atoms with Gasteiger partial charge in [0.15, 0.2) is 12.0 Å². The molecule has 0 heterocycles. The van der Waals surface area contributed by atoms with Crippen LogP contribution in [0.4, 0.5) is 5.69 Å². The third-order valence-electron chi connectivity index (χ3n) is 2.05. The molecular formula is C11H15NO5. The second-order valence-corrected chi connectivity index (χ2v) is 3.16. The number of rotatable bonds is 7. The Kier molecular flexibility index (Phi) is 5.38. The van der Waals surface area contributed by atoms with Gasteiger partial charge in [0.05, 0.1) is 4.92 Å². The molecule has 0 fully saturated rings. The molecule has 1 aromatic carbocycles. The standard InChI is InChI=1S/C11H15NO5/c1-3-16-11(15-2)8-17-10-7-5-4-6-9(10)12(13)14/h4-7,11H,3,8H2,1-2H3. The minimum Gasteiger partial charge on any atom is -0.481 e. The van der Waals surface area contributed by atoms with Gasteiger partial charge < -0.3 is 14.2 Å². The summed E-state index contributed by atoms with van der Waals surface area (Å²) < 4.78 is 15.5. The predicted octanol–water partition coefficient (Wildman–Crippen LogP) is 1.98. The number of methoxy groups -OCH3 is 1. The summed E-state index contributed by atoms with van der Waals surface area (Å²) >= 11 is 0. The van der Waals surface area contributed by atoms with E-state index in [1.807, 2.05) is 6.92 Å². The minimum absolute atomic E-state index is 0.0705. The number of nitro benzene ring substituents is 1. The highest BCUT2D eigenvalue weighted by Gasteiger charge is 2.15. The number of nitrogens with zero attached hydrogens (tertiary/aromatic N) is 1. The lowest BCUT2D eigenvalue weighted by Gasteiger charge is -2.15. The van der Waals surface area contributed by atoms with Crippen LogP contribution in [0.1, 0.15) is 6.92 Å². The van der Waals surface area contributed by atoms with Crippen LogP contribution in [0.5, 0.6) is 5.75 Å². The first kappa shape index (κ1) is 13.4. The molecule has 1 unspecified atom stereocenters. The molecule has 0 saturated carbocycles. The Hall–Kier alpha value is -1.66. The minimum atomic E-state index is -0.528. The number of hydrogen-bond donors (Lipinski definition) is 0. The number of para-hydroxylation sites is 2. The molecule has 94 valence electrons. The van der Waals surface area contributed by atoms with Gasteiger partial charge in [0.2, 0.25) is 0 Å². The van der Waals surface area contributed by atoms with Gasteiger partial charge in [-0.2, -0.15) is 0 Å². The molecule has 0 amide bonds. The Labute approximate surface area is 99.2 Å². The third-order valence-corrected chi connectivity index (χ3v) is 2.05. The number of ether oxygens (including phenoxy) is 3. The zero-order valence-corrected chi connectivity index (χ0v) is 9.79. The van der Waals surface area contributed by atoms with Crippen LogP contribution in [-0.2, 0) is 9.47 Å². The maximum absolute atomic E-state index is 10.7. The van der Waals surface area contributed by atoms with Gasteiger partial charge >= 0.3 is 5.69 Å². The van der Waals surface area contributed by atoms with Crippen molar-refractivity contribution in [1.29, 1.82) is 0 Å². The molecular weight excluding hydrogens is 226 g/mol. The van der Waals surface area contributed by atoms with E-state index in [0.29, 0.717) is 6.61 Å². The first-order valence-corrected chi connectivity index (χ1v) is 5.19. The molecule has 0 aromatic heterocycles. The van der Waals surface area contributed by atoms with Gasteiger partial charge in [-0.1, -0.05) is 12.1 Å². The fourth-order valence-corrected chi connectivity index (χ4v) is 1.26. The van der Waals surface area contributed by atoms with Gasteiger partial charge in [0.25, 0.3) is 0 Å². The lowest BCUT2D eigenvalue weighted by atomic mass is 10.3. The summed E-state index contributed by atoms with van der Waals surface area (Å²) in [6, 6.07) is 6.18. The van der Waals surface area contributed by atoms with Crippen molar-refractivity contribution in [2.24, 2.45) is 0 Å². The molecule has 17 heavy (non-hydrogen) atoms. The fraction of sp³-hybridized carbons (Fsp3) is 0.455. The second kappa shape index (κ2) is 6.82. The average molecular weight is 241 g/mol. The monoisotopic (exact) mass is 241 g/mol. The highest BCUT2D eigenvalue weighted by atomic mass is 16.7. The molecule has 0 aliphatic heterocycles. The Morgan fingerprint density at radius 2 is 2.12 bits per heavy atom. The molecule has 0 saturated heterocycles. The maximum Gasteiger partial charge on any atom is 0.310 e. The summed E-state index contributed by atoms with van der Waals surface area (Å²) in [5.41, 5.74) is -0.0705. The number of hydrogen-bond acceptors (Lipinski definition) is 5. The molecule has 1 atom stereocenters. The van der Waals surface area contributed by atoms with E-state index in [-0.39, 0.29) is 18.0 Å². The normalized spacial score (nSPS) is 12.1. The number of nitro groups is 1. The Balaban J connectivity index is 2.65. The molecule has 0 bridgehead atoms. The Morgan fingerprint density at radius 3 is 2.71 bits per heavy atom. The first-order chi connectivity index (χ1) is 8.19. The van der Waals surface area contributed by atoms with E-state index in [2.05, 4.69) is 0 Å². The van der Waals surface area contributed by atoms with Gasteiger partial charge in [-0.15, -0.1) is 0 Å². The fourth-order valence-electron chi connectivity index (χ4n) is 1.26. The van der Waals surface area contributed by atoms with Crippen molar-refractivity contribution in [3.05, 3.63) is 34.4 Å². The summed E-state index contributed by atoms with van der Waals surface area (Å²) in [5.74, 6) is 0.208. The smallest absolute Gasteiger partial charge is 0.310 e. The van der Waals surface area contributed by atoms with Crippen LogP contribution in [0, 0.1) is 10.1 Å². The van der Waals surface area contributed by atoms with E-state index in [1.54, 1.807) is 12.1 Å². The van der Waals surface area contributed by atoms with E-state index in [1.165, 1.54) is 19.2 Å². The maximum atomic E-state index is 10.7. The molecule has 6 heteroatoms. The lowest BCUT2D eigenvalue weighted by molar-refractivity contribution is -0.386. The van der Waals surface area contributed by atoms with Crippen molar-refractivity contribution in [2.45, 2.75) is 13.2 Å². The molecule has 0 N–H and O–H groups in total. The van der Waals surface area contributed by atoms with E-state index < -0.39 is 11.2 Å². The highest BCUT2D eigenvalue weighted by Crippen LogP contribution is 2.25. The van der Waals surface area contributed by atoms with Crippen molar-refractivity contribution in [1.82, 2.24) is 0 Å². The molecule has 0 radical (unpaired) electrons. The summed E-state index contributed by atoms with van der Waals surface area (Å²) in [6.45, 7) is 2.42. The molecule has 0 aliphatic carbocycles. The van der Waals surface area contributed by atoms with Crippen LogP contribution >= 0.6 is 0 Å². The molecule has 1 aromatic rings. The van der Waals surface area contributed by atoms with Gasteiger partial charge in [0, 0.05) is 19.8 Å². The van der Waals surface area contributed by atoms with Crippen molar-refractivity contribution < 1.29 is 19.1 Å². The largest absolute Gasteiger partial charge is 0.481 e. The Morgan fingerprint density at radius 1 is 1.41 bits per heavy atom. The summed E-state index contributed by atoms with van der Waals surface area (Å²) in [7, 11) is 1.49. The van der Waals surface area contributed by atoms with Crippen LogP contribution in [0.2, 0.25) is 0 Å². The first-order valence-electron chi connectivity index (χ1n) is 5.19. The van der Waals surface area contributed by atoms with Crippen molar-refractivity contribution in [2.75, 3.05) is 20.3 Å². The average Bonchev–Trinajstić information content (AvgIpc) is 2.34. The number of benzene rings is 1. The van der Waals surface area contributed by atoms with Crippen molar-refractivity contribution in [3.8, 4) is 5.75 Å². The van der Waals surface area contributed by atoms with Crippen LogP contribution in [0.25, 0.3) is 0 Å². The molecule has 0 spiro atoms. The lowest BCUT2D eigenvalue weighted by Crippen LogP contribution is -2.23. The third kappa shape index (κ3) is 4.01. The van der Waals surface area contributed by atoms with E-state index in [0.717, 1.165) is 0 Å². The molecule has 6 nitrogen and oxygen atoms in total. The van der Waals surface area contributed by atoms with Gasteiger partial charge in [-0.25, -0.2) is 0 Å².